The zero-order valence-electron chi connectivity index (χ0n) is 17.9. The van der Waals surface area contributed by atoms with Crippen LogP contribution in [0.1, 0.15) is 43.5 Å². The van der Waals surface area contributed by atoms with Gasteiger partial charge in [-0.1, -0.05) is 11.6 Å². The van der Waals surface area contributed by atoms with Crippen LogP contribution in [-0.4, -0.2) is 37.3 Å². The summed E-state index contributed by atoms with van der Waals surface area (Å²) in [5, 5.41) is 6.57. The average Bonchev–Trinajstić information content (AvgIpc) is 2.74. The molecular formula is C23H28ClN3O3S. The number of thiocarbonyl (C=S) groups is 1. The molecule has 31 heavy (non-hydrogen) atoms. The van der Waals surface area contributed by atoms with Crippen molar-refractivity contribution in [3.05, 3.63) is 47.0 Å². The van der Waals surface area contributed by atoms with Gasteiger partial charge in [-0.3, -0.25) is 10.1 Å². The Bertz CT molecular complexity index is 908. The molecule has 1 aliphatic heterocycles. The van der Waals surface area contributed by atoms with Crippen molar-refractivity contribution in [2.24, 2.45) is 0 Å². The summed E-state index contributed by atoms with van der Waals surface area (Å²) in [7, 11) is 0. The summed E-state index contributed by atoms with van der Waals surface area (Å²) in [5.74, 6) is 0.783. The van der Waals surface area contributed by atoms with Crippen LogP contribution >= 0.6 is 23.8 Å². The highest BCUT2D eigenvalue weighted by molar-refractivity contribution is 7.80. The highest BCUT2D eigenvalue weighted by Crippen LogP contribution is 2.31. The lowest BCUT2D eigenvalue weighted by Gasteiger charge is -2.29. The van der Waals surface area contributed by atoms with E-state index in [9.17, 15) is 4.79 Å². The monoisotopic (exact) mass is 461 g/mol. The third kappa shape index (κ3) is 6.48. The Labute approximate surface area is 193 Å². The number of hydrogen-bond acceptors (Lipinski definition) is 5. The average molecular weight is 462 g/mol. The number of halogens is 1. The van der Waals surface area contributed by atoms with Crippen LogP contribution in [0.4, 0.5) is 11.4 Å². The molecule has 0 radical (unpaired) electrons. The molecule has 3 rings (SSSR count). The fraction of sp³-hybridized carbons (Fsp3) is 0.391. The number of amides is 1. The van der Waals surface area contributed by atoms with Crippen LogP contribution < -0.4 is 25.0 Å². The quantitative estimate of drug-likeness (QED) is 0.549. The van der Waals surface area contributed by atoms with Gasteiger partial charge in [-0.15, -0.1) is 0 Å². The summed E-state index contributed by atoms with van der Waals surface area (Å²) >= 11 is 11.8. The molecule has 0 unspecified atom stereocenters. The van der Waals surface area contributed by atoms with Gasteiger partial charge in [-0.05, 0) is 75.7 Å². The lowest BCUT2D eigenvalue weighted by atomic mass is 10.1. The van der Waals surface area contributed by atoms with Gasteiger partial charge in [0, 0.05) is 30.4 Å². The lowest BCUT2D eigenvalue weighted by molar-refractivity contribution is 0.0976. The van der Waals surface area contributed by atoms with Gasteiger partial charge in [0.15, 0.2) is 5.11 Å². The molecule has 1 aliphatic rings. The molecule has 6 nitrogen and oxygen atoms in total. The molecule has 2 N–H and O–H groups in total. The van der Waals surface area contributed by atoms with Crippen LogP contribution in [0.15, 0.2) is 36.4 Å². The molecule has 0 bridgehead atoms. The summed E-state index contributed by atoms with van der Waals surface area (Å²) in [6, 6.07) is 10.8. The summed E-state index contributed by atoms with van der Waals surface area (Å²) in [6.07, 6.45) is 3.63. The van der Waals surface area contributed by atoms with Crippen LogP contribution in [0.5, 0.6) is 11.5 Å². The van der Waals surface area contributed by atoms with Crippen molar-refractivity contribution in [1.82, 2.24) is 5.32 Å². The van der Waals surface area contributed by atoms with Crippen molar-refractivity contribution >= 4 is 46.2 Å². The normalized spacial score (nSPS) is 13.5. The number of nitrogens with zero attached hydrogens (tertiary/aromatic N) is 1. The Morgan fingerprint density at radius 1 is 1.03 bits per heavy atom. The summed E-state index contributed by atoms with van der Waals surface area (Å²) in [6.45, 7) is 6.79. The molecule has 1 amide bonds. The largest absolute Gasteiger partial charge is 0.494 e. The minimum Gasteiger partial charge on any atom is -0.494 e. The first kappa shape index (κ1) is 23.2. The van der Waals surface area contributed by atoms with E-state index in [1.165, 1.54) is 19.3 Å². The van der Waals surface area contributed by atoms with Gasteiger partial charge < -0.3 is 19.7 Å². The highest BCUT2D eigenvalue weighted by Gasteiger charge is 2.15. The predicted octanol–water partition coefficient (Wildman–Crippen LogP) is 5.25. The number of hydrogen-bond donors (Lipinski definition) is 2. The molecule has 0 saturated carbocycles. The first-order valence-corrected chi connectivity index (χ1v) is 11.4. The predicted molar refractivity (Wildman–Crippen MR) is 130 cm³/mol. The van der Waals surface area contributed by atoms with Gasteiger partial charge >= 0.3 is 0 Å². The minimum absolute atomic E-state index is 0.187. The van der Waals surface area contributed by atoms with E-state index in [-0.39, 0.29) is 11.0 Å². The van der Waals surface area contributed by atoms with Crippen molar-refractivity contribution in [1.29, 1.82) is 0 Å². The van der Waals surface area contributed by atoms with Crippen LogP contribution in [0.3, 0.4) is 0 Å². The molecule has 1 saturated heterocycles. The van der Waals surface area contributed by atoms with Gasteiger partial charge in [0.2, 0.25) is 0 Å². The van der Waals surface area contributed by atoms with E-state index >= 15 is 0 Å². The molecular weight excluding hydrogens is 434 g/mol. The molecule has 1 heterocycles. The maximum absolute atomic E-state index is 12.7. The van der Waals surface area contributed by atoms with E-state index in [2.05, 4.69) is 15.5 Å². The van der Waals surface area contributed by atoms with Crippen LogP contribution in [0.25, 0.3) is 0 Å². The number of carbonyl (C=O) groups excluding carboxylic acids is 1. The zero-order valence-corrected chi connectivity index (χ0v) is 19.4. The maximum atomic E-state index is 12.7. The van der Waals surface area contributed by atoms with E-state index in [0.717, 1.165) is 18.8 Å². The van der Waals surface area contributed by atoms with E-state index in [0.29, 0.717) is 41.0 Å². The van der Waals surface area contributed by atoms with Crippen LogP contribution in [-0.2, 0) is 0 Å². The number of ether oxygens (including phenoxy) is 2. The second-order valence-corrected chi connectivity index (χ2v) is 8.00. The second-order valence-electron chi connectivity index (χ2n) is 7.18. The molecule has 2 aromatic rings. The van der Waals surface area contributed by atoms with Crippen molar-refractivity contribution in [2.45, 2.75) is 33.1 Å². The van der Waals surface area contributed by atoms with E-state index in [1.54, 1.807) is 18.2 Å². The van der Waals surface area contributed by atoms with Gasteiger partial charge in [0.1, 0.15) is 11.5 Å². The number of carbonyl (C=O) groups is 1. The SMILES string of the molecule is CCOc1cc(OCC)cc(C(=O)NC(=S)Nc2ccc(N3CCCCC3)c(Cl)c2)c1. The van der Waals surface area contributed by atoms with Crippen molar-refractivity contribution in [3.63, 3.8) is 0 Å². The second kappa shape index (κ2) is 11.2. The number of anilines is 2. The van der Waals surface area contributed by atoms with Crippen molar-refractivity contribution < 1.29 is 14.3 Å². The smallest absolute Gasteiger partial charge is 0.257 e. The molecule has 0 aliphatic carbocycles. The molecule has 166 valence electrons. The first-order chi connectivity index (χ1) is 15.0. The Balaban J connectivity index is 1.65. The number of piperidine rings is 1. The standard InChI is InChI=1S/C23H28ClN3O3S/c1-3-29-18-12-16(13-19(15-18)30-4-2)22(28)26-23(31)25-17-8-9-21(20(24)14-17)27-10-6-5-7-11-27/h8-9,12-15H,3-7,10-11H2,1-2H3,(H2,25,26,28,31). The Kier molecular flexibility index (Phi) is 8.37. The van der Waals surface area contributed by atoms with Gasteiger partial charge in [-0.25, -0.2) is 0 Å². The van der Waals surface area contributed by atoms with E-state index in [4.69, 9.17) is 33.3 Å². The molecule has 0 atom stereocenters. The van der Waals surface area contributed by atoms with Gasteiger partial charge in [-0.2, -0.15) is 0 Å². The molecule has 8 heteroatoms. The lowest BCUT2D eigenvalue weighted by Crippen LogP contribution is -2.34. The summed E-state index contributed by atoms with van der Waals surface area (Å²) < 4.78 is 11.1. The first-order valence-electron chi connectivity index (χ1n) is 10.6. The summed E-state index contributed by atoms with van der Waals surface area (Å²) in [4.78, 5) is 15.0. The Morgan fingerprint density at radius 3 is 2.26 bits per heavy atom. The van der Waals surface area contributed by atoms with Crippen molar-refractivity contribution in [3.8, 4) is 11.5 Å². The molecule has 0 aromatic heterocycles. The van der Waals surface area contributed by atoms with Crippen LogP contribution in [0, 0.1) is 0 Å². The molecule has 1 fully saturated rings. The number of rotatable bonds is 7. The molecule has 0 spiro atoms. The number of nitrogens with one attached hydrogen (secondary N) is 2. The van der Waals surface area contributed by atoms with Crippen LogP contribution in [0.2, 0.25) is 5.02 Å². The maximum Gasteiger partial charge on any atom is 0.257 e. The molecule has 2 aromatic carbocycles. The number of benzene rings is 2. The summed E-state index contributed by atoms with van der Waals surface area (Å²) in [5.41, 5.74) is 2.14. The fourth-order valence-corrected chi connectivity index (χ4v) is 4.03. The van der Waals surface area contributed by atoms with E-state index in [1.807, 2.05) is 32.0 Å². The van der Waals surface area contributed by atoms with Gasteiger partial charge in [0.25, 0.3) is 5.91 Å². The van der Waals surface area contributed by atoms with E-state index < -0.39 is 0 Å². The fourth-order valence-electron chi connectivity index (χ4n) is 3.52. The topological polar surface area (TPSA) is 62.8 Å². The minimum atomic E-state index is -0.351. The Morgan fingerprint density at radius 2 is 1.68 bits per heavy atom. The van der Waals surface area contributed by atoms with Crippen molar-refractivity contribution in [2.75, 3.05) is 36.5 Å². The Hall–Kier alpha value is -2.51. The third-order valence-electron chi connectivity index (χ3n) is 4.89. The van der Waals surface area contributed by atoms with Gasteiger partial charge in [0.05, 0.1) is 23.9 Å². The zero-order chi connectivity index (χ0) is 22.2. The highest BCUT2D eigenvalue weighted by atomic mass is 35.5. The third-order valence-corrected chi connectivity index (χ3v) is 5.40.